The molecule has 0 spiro atoms. The first-order valence-electron chi connectivity index (χ1n) is 5.68. The van der Waals surface area contributed by atoms with Crippen LogP contribution in [0.25, 0.3) is 0 Å². The van der Waals surface area contributed by atoms with E-state index in [0.717, 1.165) is 29.3 Å². The van der Waals surface area contributed by atoms with Crippen molar-refractivity contribution in [2.24, 2.45) is 0 Å². The molecule has 2 rings (SSSR count). The van der Waals surface area contributed by atoms with Crippen molar-refractivity contribution in [3.05, 3.63) is 35.0 Å². The third-order valence-electron chi connectivity index (χ3n) is 2.29. The Morgan fingerprint density at radius 2 is 1.94 bits per heavy atom. The normalized spacial score (nSPS) is 10.6. The second-order valence-corrected chi connectivity index (χ2v) is 5.06. The molecule has 2 aromatic rings. The first-order chi connectivity index (χ1) is 8.70. The van der Waals surface area contributed by atoms with E-state index in [9.17, 15) is 0 Å². The van der Waals surface area contributed by atoms with Crippen molar-refractivity contribution in [1.82, 2.24) is 19.9 Å². The van der Waals surface area contributed by atoms with Crippen molar-refractivity contribution in [2.45, 2.75) is 36.9 Å². The van der Waals surface area contributed by atoms with Gasteiger partial charge >= 0.3 is 0 Å². The summed E-state index contributed by atoms with van der Waals surface area (Å²) in [4.78, 5) is 17.1. The van der Waals surface area contributed by atoms with Gasteiger partial charge in [0.05, 0.1) is 0 Å². The molecule has 0 radical (unpaired) electrons. The molecule has 4 nitrogen and oxygen atoms in total. The summed E-state index contributed by atoms with van der Waals surface area (Å²) < 4.78 is 0. The largest absolute Gasteiger partial charge is 0.231 e. The molecule has 0 saturated carbocycles. The minimum atomic E-state index is 0.506. The molecule has 0 amide bonds. The van der Waals surface area contributed by atoms with Gasteiger partial charge in [-0.05, 0) is 31.2 Å². The smallest absolute Gasteiger partial charge is 0.193 e. The third-order valence-corrected chi connectivity index (χ3v) is 3.64. The Bertz CT molecular complexity index is 533. The fourth-order valence-corrected chi connectivity index (χ4v) is 2.41. The van der Waals surface area contributed by atoms with E-state index in [0.29, 0.717) is 10.3 Å². The highest BCUT2D eigenvalue weighted by atomic mass is 35.5. The van der Waals surface area contributed by atoms with Crippen molar-refractivity contribution < 1.29 is 0 Å². The summed E-state index contributed by atoms with van der Waals surface area (Å²) in [5, 5.41) is 1.99. The van der Waals surface area contributed by atoms with Crippen LogP contribution in [0.2, 0.25) is 5.15 Å². The predicted octanol–water partition coefficient (Wildman–Crippen LogP) is 3.33. The molecule has 2 heterocycles. The second kappa shape index (κ2) is 6.11. The lowest BCUT2D eigenvalue weighted by Gasteiger charge is -2.07. The lowest BCUT2D eigenvalue weighted by Crippen LogP contribution is -2.00. The molecular weight excluding hydrogens is 268 g/mol. The molecule has 0 bridgehead atoms. The van der Waals surface area contributed by atoms with Crippen LogP contribution >= 0.6 is 23.4 Å². The molecule has 0 unspecified atom stereocenters. The highest BCUT2D eigenvalue weighted by Crippen LogP contribution is 2.28. The maximum atomic E-state index is 6.12. The molecular formula is C12H13ClN4S. The van der Waals surface area contributed by atoms with Crippen LogP contribution in [0.3, 0.4) is 0 Å². The highest BCUT2D eigenvalue weighted by molar-refractivity contribution is 7.99. The van der Waals surface area contributed by atoms with Crippen LogP contribution in [0, 0.1) is 6.92 Å². The minimum Gasteiger partial charge on any atom is -0.231 e. The van der Waals surface area contributed by atoms with E-state index < -0.39 is 0 Å². The van der Waals surface area contributed by atoms with Crippen LogP contribution in [-0.4, -0.2) is 19.9 Å². The van der Waals surface area contributed by atoms with E-state index >= 15 is 0 Å². The SMILES string of the molecule is CCCc1nc(Cl)c(C)c(Sc2ncccn2)n1. The first-order valence-corrected chi connectivity index (χ1v) is 6.88. The van der Waals surface area contributed by atoms with Crippen molar-refractivity contribution in [3.63, 3.8) is 0 Å². The van der Waals surface area contributed by atoms with E-state index in [1.54, 1.807) is 18.5 Å². The van der Waals surface area contributed by atoms with Crippen LogP contribution in [0.15, 0.2) is 28.6 Å². The van der Waals surface area contributed by atoms with E-state index in [1.165, 1.54) is 11.8 Å². The number of nitrogens with zero attached hydrogens (tertiary/aromatic N) is 4. The second-order valence-electron chi connectivity index (χ2n) is 3.74. The zero-order valence-corrected chi connectivity index (χ0v) is 11.8. The Kier molecular flexibility index (Phi) is 4.49. The van der Waals surface area contributed by atoms with Gasteiger partial charge in [-0.25, -0.2) is 19.9 Å². The molecule has 0 fully saturated rings. The number of hydrogen-bond acceptors (Lipinski definition) is 5. The molecule has 0 saturated heterocycles. The highest BCUT2D eigenvalue weighted by Gasteiger charge is 2.11. The molecule has 18 heavy (non-hydrogen) atoms. The van der Waals surface area contributed by atoms with E-state index in [1.807, 2.05) is 6.92 Å². The summed E-state index contributed by atoms with van der Waals surface area (Å²) >= 11 is 7.53. The van der Waals surface area contributed by atoms with Gasteiger partial charge in [-0.1, -0.05) is 18.5 Å². The summed E-state index contributed by atoms with van der Waals surface area (Å²) in [5.41, 5.74) is 0.869. The van der Waals surface area contributed by atoms with Gasteiger partial charge in [-0.15, -0.1) is 0 Å². The van der Waals surface area contributed by atoms with Gasteiger partial charge in [0, 0.05) is 24.4 Å². The summed E-state index contributed by atoms with van der Waals surface area (Å²) in [6, 6.07) is 1.78. The fraction of sp³-hybridized carbons (Fsp3) is 0.333. The van der Waals surface area contributed by atoms with Crippen molar-refractivity contribution in [2.75, 3.05) is 0 Å². The minimum absolute atomic E-state index is 0.506. The fourth-order valence-electron chi connectivity index (χ4n) is 1.37. The van der Waals surface area contributed by atoms with Crippen LogP contribution < -0.4 is 0 Å². The lowest BCUT2D eigenvalue weighted by atomic mass is 10.3. The average molecular weight is 281 g/mol. The van der Waals surface area contributed by atoms with Gasteiger partial charge in [-0.3, -0.25) is 0 Å². The average Bonchev–Trinajstić information content (AvgIpc) is 2.37. The van der Waals surface area contributed by atoms with Crippen molar-refractivity contribution in [3.8, 4) is 0 Å². The number of rotatable bonds is 4. The van der Waals surface area contributed by atoms with E-state index in [4.69, 9.17) is 11.6 Å². The molecule has 0 N–H and O–H groups in total. The molecule has 0 atom stereocenters. The summed E-state index contributed by atoms with van der Waals surface area (Å²) in [6.45, 7) is 3.99. The van der Waals surface area contributed by atoms with Crippen LogP contribution in [0.1, 0.15) is 24.7 Å². The molecule has 2 aromatic heterocycles. The number of halogens is 1. The third kappa shape index (κ3) is 3.17. The van der Waals surface area contributed by atoms with Gasteiger partial charge in [-0.2, -0.15) is 0 Å². The molecule has 94 valence electrons. The maximum Gasteiger partial charge on any atom is 0.193 e. The number of aromatic nitrogens is 4. The Balaban J connectivity index is 2.31. The van der Waals surface area contributed by atoms with Crippen molar-refractivity contribution in [1.29, 1.82) is 0 Å². The number of aryl methyl sites for hydroxylation is 1. The Morgan fingerprint density at radius 3 is 2.61 bits per heavy atom. The zero-order valence-electron chi connectivity index (χ0n) is 10.2. The van der Waals surface area contributed by atoms with Crippen LogP contribution in [-0.2, 0) is 6.42 Å². The maximum absolute atomic E-state index is 6.12. The standard InChI is InChI=1S/C12H13ClN4S/c1-3-5-9-16-10(13)8(2)11(17-9)18-12-14-6-4-7-15-12/h4,6-7H,3,5H2,1-2H3. The van der Waals surface area contributed by atoms with E-state index in [2.05, 4.69) is 26.9 Å². The van der Waals surface area contributed by atoms with Gasteiger partial charge in [0.15, 0.2) is 5.16 Å². The quantitative estimate of drug-likeness (QED) is 0.635. The van der Waals surface area contributed by atoms with Crippen LogP contribution in [0.4, 0.5) is 0 Å². The van der Waals surface area contributed by atoms with E-state index in [-0.39, 0.29) is 0 Å². The molecule has 0 aliphatic heterocycles. The van der Waals surface area contributed by atoms with Crippen LogP contribution in [0.5, 0.6) is 0 Å². The summed E-state index contributed by atoms with van der Waals surface area (Å²) in [5.74, 6) is 0.770. The zero-order chi connectivity index (χ0) is 13.0. The Morgan fingerprint density at radius 1 is 1.22 bits per heavy atom. The summed E-state index contributed by atoms with van der Waals surface area (Å²) in [7, 11) is 0. The molecule has 6 heteroatoms. The predicted molar refractivity (Wildman–Crippen MR) is 71.9 cm³/mol. The molecule has 0 aliphatic rings. The molecule has 0 aromatic carbocycles. The van der Waals surface area contributed by atoms with Gasteiger partial charge < -0.3 is 0 Å². The lowest BCUT2D eigenvalue weighted by molar-refractivity contribution is 0.800. The van der Waals surface area contributed by atoms with Crippen molar-refractivity contribution >= 4 is 23.4 Å². The van der Waals surface area contributed by atoms with Gasteiger partial charge in [0.25, 0.3) is 0 Å². The molecule has 0 aliphatic carbocycles. The topological polar surface area (TPSA) is 51.6 Å². The Hall–Kier alpha value is -1.20. The Labute approximate surface area is 115 Å². The first kappa shape index (κ1) is 13.2. The number of hydrogen-bond donors (Lipinski definition) is 0. The summed E-state index contributed by atoms with van der Waals surface area (Å²) in [6.07, 6.45) is 5.23. The van der Waals surface area contributed by atoms with Gasteiger partial charge in [0.1, 0.15) is 16.0 Å². The monoisotopic (exact) mass is 280 g/mol. The van der Waals surface area contributed by atoms with Gasteiger partial charge in [0.2, 0.25) is 0 Å².